The van der Waals surface area contributed by atoms with E-state index in [1.165, 1.54) is 5.56 Å². The van der Waals surface area contributed by atoms with E-state index in [4.69, 9.17) is 14.2 Å². The normalized spacial score (nSPS) is 13.4. The number of rotatable bonds is 18. The highest BCUT2D eigenvalue weighted by Gasteiger charge is 2.36. The molecule has 2 atom stereocenters. The molecule has 1 aliphatic rings. The van der Waals surface area contributed by atoms with Gasteiger partial charge in [0.05, 0.1) is 5.54 Å². The monoisotopic (exact) mass is 899 g/mol. The molecule has 0 saturated heterocycles. The number of aryl methyl sites for hydroxylation is 1. The summed E-state index contributed by atoms with van der Waals surface area (Å²) in [4.78, 5) is 42.2. The van der Waals surface area contributed by atoms with Gasteiger partial charge in [0, 0.05) is 12.3 Å². The van der Waals surface area contributed by atoms with Crippen molar-refractivity contribution in [2.24, 2.45) is 0 Å². The fraction of sp³-hybridized carbons (Fsp3) is 0.328. The minimum absolute atomic E-state index is 0.0909. The second-order valence-corrected chi connectivity index (χ2v) is 19.5. The molecule has 0 bridgehead atoms. The molecule has 0 heterocycles. The minimum atomic E-state index is -1.04. The van der Waals surface area contributed by atoms with Crippen LogP contribution in [0.4, 0.5) is 4.79 Å². The number of fused-ring (bicyclic) bond motifs is 3. The smallest absolute Gasteiger partial charge is 0.407 e. The summed E-state index contributed by atoms with van der Waals surface area (Å²) in [5.74, 6) is -0.544. The van der Waals surface area contributed by atoms with Crippen LogP contribution in [-0.4, -0.2) is 54.4 Å². The van der Waals surface area contributed by atoms with Crippen LogP contribution in [0, 0.1) is 6.92 Å². The van der Waals surface area contributed by atoms with E-state index in [0.29, 0.717) is 25.1 Å². The molecule has 7 rings (SSSR count). The second-order valence-electron chi connectivity index (χ2n) is 19.5. The molecular formula is C58H65N3O6. The fourth-order valence-corrected chi connectivity index (χ4v) is 8.91. The highest BCUT2D eigenvalue weighted by Crippen LogP contribution is 2.44. The van der Waals surface area contributed by atoms with Crippen molar-refractivity contribution in [3.05, 3.63) is 197 Å². The molecule has 348 valence electrons. The van der Waals surface area contributed by atoms with Crippen LogP contribution in [0.1, 0.15) is 106 Å². The Morgan fingerprint density at radius 3 is 1.67 bits per heavy atom. The van der Waals surface area contributed by atoms with Gasteiger partial charge in [-0.2, -0.15) is 0 Å². The van der Waals surface area contributed by atoms with E-state index < -0.39 is 41.2 Å². The number of carbonyl (C=O) groups is 3. The third kappa shape index (κ3) is 12.4. The van der Waals surface area contributed by atoms with Gasteiger partial charge in [-0.25, -0.2) is 9.59 Å². The highest BCUT2D eigenvalue weighted by molar-refractivity contribution is 5.90. The van der Waals surface area contributed by atoms with E-state index in [0.717, 1.165) is 44.5 Å². The number of esters is 1. The topological polar surface area (TPSA) is 115 Å². The molecule has 9 nitrogen and oxygen atoms in total. The van der Waals surface area contributed by atoms with Crippen molar-refractivity contribution in [2.75, 3.05) is 13.2 Å². The van der Waals surface area contributed by atoms with E-state index in [2.05, 4.69) is 120 Å². The van der Waals surface area contributed by atoms with Crippen LogP contribution in [-0.2, 0) is 31.0 Å². The van der Waals surface area contributed by atoms with Gasteiger partial charge in [0.25, 0.3) is 0 Å². The van der Waals surface area contributed by atoms with Crippen molar-refractivity contribution >= 4 is 18.0 Å². The first kappa shape index (κ1) is 48.2. The van der Waals surface area contributed by atoms with Crippen LogP contribution < -0.4 is 20.7 Å². The van der Waals surface area contributed by atoms with Crippen LogP contribution in [0.25, 0.3) is 11.1 Å². The average molecular weight is 900 g/mol. The van der Waals surface area contributed by atoms with E-state index in [-0.39, 0.29) is 31.0 Å². The molecule has 3 N–H and O–H groups in total. The van der Waals surface area contributed by atoms with E-state index >= 15 is 0 Å². The third-order valence-electron chi connectivity index (χ3n) is 12.0. The van der Waals surface area contributed by atoms with Crippen LogP contribution in [0.5, 0.6) is 5.75 Å². The summed E-state index contributed by atoms with van der Waals surface area (Å²) in [6, 6.07) is 51.2. The van der Waals surface area contributed by atoms with Crippen molar-refractivity contribution < 1.29 is 28.6 Å². The molecule has 0 unspecified atom stereocenters. The summed E-state index contributed by atoms with van der Waals surface area (Å²) in [5.41, 5.74) is 7.85. The second kappa shape index (κ2) is 21.3. The first-order valence-electron chi connectivity index (χ1n) is 23.5. The number of alkyl carbamates (subject to hydrolysis) is 1. The lowest BCUT2D eigenvalue weighted by Crippen LogP contribution is -2.53. The first-order chi connectivity index (χ1) is 32.1. The summed E-state index contributed by atoms with van der Waals surface area (Å²) in [5, 5.41) is 9.82. The number of hydrogen-bond acceptors (Lipinski definition) is 7. The van der Waals surface area contributed by atoms with Crippen LogP contribution in [0.3, 0.4) is 0 Å². The Morgan fingerprint density at radius 2 is 1.12 bits per heavy atom. The molecular weight excluding hydrogens is 835 g/mol. The Bertz CT molecular complexity index is 2500. The number of benzene rings is 6. The Labute approximate surface area is 396 Å². The van der Waals surface area contributed by atoms with Crippen LogP contribution in [0.2, 0.25) is 0 Å². The van der Waals surface area contributed by atoms with Gasteiger partial charge < -0.3 is 24.8 Å². The SMILES string of the molecule is Cc1ccc(C(NCCCC[C@H](NC(=O)OCC2c3ccccc3-c3ccccc32)C(=O)N[C@@H](Cc2ccc(OC(C)(C)C)cc2)C(=O)OC(C)(C)C)(c2ccccc2)c2ccccc2)cc1. The zero-order valence-electron chi connectivity index (χ0n) is 39.9. The van der Waals surface area contributed by atoms with Crippen molar-refractivity contribution in [3.8, 4) is 16.9 Å². The van der Waals surface area contributed by atoms with Crippen molar-refractivity contribution in [1.82, 2.24) is 16.0 Å². The van der Waals surface area contributed by atoms with E-state index in [1.54, 1.807) is 20.8 Å². The molecule has 0 aromatic heterocycles. The summed E-state index contributed by atoms with van der Waals surface area (Å²) in [6.07, 6.45) is 0.968. The molecule has 67 heavy (non-hydrogen) atoms. The van der Waals surface area contributed by atoms with Gasteiger partial charge in [0.2, 0.25) is 5.91 Å². The highest BCUT2D eigenvalue weighted by atomic mass is 16.6. The predicted octanol–water partition coefficient (Wildman–Crippen LogP) is 11.2. The summed E-state index contributed by atoms with van der Waals surface area (Å²) in [6.45, 7) is 14.1. The number of amides is 2. The Kier molecular flexibility index (Phi) is 15.3. The standard InChI is InChI=1S/C58H65N3O6/c1-40-29-33-44(34-30-40)58(42-20-10-8-11-21-42,43-22-12-9-13-23-43)59-37-19-18-28-51(61-55(64)65-39-50-48-26-16-14-24-46(48)47-25-15-17-27-49(47)50)53(62)60-52(54(63)67-57(5,6)7)38-41-31-35-45(36-32-41)66-56(2,3)4/h8-17,20-27,29-36,50-52,59H,18-19,28,37-39H2,1-7H3,(H,60,62)(H,61,64)/t51-,52-/m0/s1. The molecule has 0 aliphatic heterocycles. The molecule has 0 spiro atoms. The largest absolute Gasteiger partial charge is 0.488 e. The minimum Gasteiger partial charge on any atom is -0.488 e. The number of unbranched alkanes of at least 4 members (excludes halogenated alkanes) is 1. The molecule has 9 heteroatoms. The van der Waals surface area contributed by atoms with Gasteiger partial charge >= 0.3 is 12.1 Å². The number of hydrogen-bond donors (Lipinski definition) is 3. The molecule has 6 aromatic rings. The van der Waals surface area contributed by atoms with Gasteiger partial charge in [-0.15, -0.1) is 0 Å². The Balaban J connectivity index is 1.11. The lowest BCUT2D eigenvalue weighted by Gasteiger charge is -2.37. The predicted molar refractivity (Wildman–Crippen MR) is 266 cm³/mol. The molecule has 1 aliphatic carbocycles. The van der Waals surface area contributed by atoms with Gasteiger partial charge in [-0.3, -0.25) is 10.1 Å². The zero-order chi connectivity index (χ0) is 47.6. The fourth-order valence-electron chi connectivity index (χ4n) is 8.91. The Morgan fingerprint density at radius 1 is 0.582 bits per heavy atom. The lowest BCUT2D eigenvalue weighted by atomic mass is 9.76. The molecule has 6 aromatic carbocycles. The van der Waals surface area contributed by atoms with E-state index in [9.17, 15) is 14.4 Å². The van der Waals surface area contributed by atoms with Crippen LogP contribution >= 0.6 is 0 Å². The summed E-state index contributed by atoms with van der Waals surface area (Å²) in [7, 11) is 0. The lowest BCUT2D eigenvalue weighted by molar-refractivity contribution is -0.158. The van der Waals surface area contributed by atoms with Gasteiger partial charge in [0.15, 0.2) is 0 Å². The van der Waals surface area contributed by atoms with Gasteiger partial charge in [-0.1, -0.05) is 151 Å². The van der Waals surface area contributed by atoms with Crippen molar-refractivity contribution in [3.63, 3.8) is 0 Å². The molecule has 2 amide bonds. The zero-order valence-corrected chi connectivity index (χ0v) is 39.9. The summed E-state index contributed by atoms with van der Waals surface area (Å²) < 4.78 is 17.8. The maximum absolute atomic E-state index is 14.5. The number of carbonyl (C=O) groups excluding carboxylic acids is 3. The Hall–Kier alpha value is -6.71. The van der Waals surface area contributed by atoms with Gasteiger partial charge in [-0.05, 0) is 131 Å². The average Bonchev–Trinajstić information content (AvgIpc) is 3.62. The van der Waals surface area contributed by atoms with E-state index in [1.807, 2.05) is 81.4 Å². The van der Waals surface area contributed by atoms with Crippen molar-refractivity contribution in [1.29, 1.82) is 0 Å². The molecule has 0 fully saturated rings. The number of nitrogens with one attached hydrogen (secondary N) is 3. The van der Waals surface area contributed by atoms with Crippen molar-refractivity contribution in [2.45, 2.75) is 109 Å². The van der Waals surface area contributed by atoms with Crippen LogP contribution in [0.15, 0.2) is 158 Å². The maximum Gasteiger partial charge on any atom is 0.407 e. The van der Waals surface area contributed by atoms with Gasteiger partial charge in [0.1, 0.15) is 35.6 Å². The quantitative estimate of drug-likeness (QED) is 0.0447. The maximum atomic E-state index is 14.5. The summed E-state index contributed by atoms with van der Waals surface area (Å²) >= 11 is 0. The molecule has 0 saturated carbocycles. The number of ether oxygens (including phenoxy) is 3. The third-order valence-corrected chi connectivity index (χ3v) is 12.0. The molecule has 0 radical (unpaired) electrons. The first-order valence-corrected chi connectivity index (χ1v) is 23.5.